The number of thiophene rings is 1. The maximum absolute atomic E-state index is 14.4. The molecular formula is C23H21ClFN3OS. The van der Waals surface area contributed by atoms with Gasteiger partial charge in [-0.25, -0.2) is 14.1 Å². The molecule has 0 spiro atoms. The van der Waals surface area contributed by atoms with E-state index < -0.39 is 5.82 Å². The van der Waals surface area contributed by atoms with Gasteiger partial charge >= 0.3 is 0 Å². The smallest absolute Gasteiger partial charge is 0.186 e. The molecule has 0 atom stereocenters. The number of hydrogen-bond acceptors (Lipinski definition) is 4. The van der Waals surface area contributed by atoms with Crippen molar-refractivity contribution in [3.63, 3.8) is 0 Å². The number of halogens is 2. The van der Waals surface area contributed by atoms with Crippen LogP contribution in [-0.2, 0) is 7.05 Å². The Kier molecular flexibility index (Phi) is 5.62. The van der Waals surface area contributed by atoms with Gasteiger partial charge in [-0.2, -0.15) is 5.10 Å². The second-order valence-electron chi connectivity index (χ2n) is 6.92. The molecule has 0 radical (unpaired) electrons. The molecule has 0 fully saturated rings. The van der Waals surface area contributed by atoms with Crippen molar-refractivity contribution in [3.8, 4) is 39.0 Å². The minimum atomic E-state index is -0.437. The summed E-state index contributed by atoms with van der Waals surface area (Å²) in [6.45, 7) is 6.75. The van der Waals surface area contributed by atoms with E-state index >= 15 is 0 Å². The van der Waals surface area contributed by atoms with Crippen molar-refractivity contribution in [1.82, 2.24) is 14.8 Å². The maximum Gasteiger partial charge on any atom is 0.186 e. The van der Waals surface area contributed by atoms with Crippen molar-refractivity contribution in [2.75, 3.05) is 6.61 Å². The highest BCUT2D eigenvalue weighted by Crippen LogP contribution is 2.41. The zero-order chi connectivity index (χ0) is 21.4. The number of hydrogen-bond donors (Lipinski definition) is 0. The molecule has 4 rings (SSSR count). The molecule has 0 amide bonds. The number of nitrogens with zero attached hydrogens (tertiary/aromatic N) is 3. The number of aromatic nitrogens is 3. The van der Waals surface area contributed by atoms with Crippen molar-refractivity contribution < 1.29 is 9.13 Å². The summed E-state index contributed by atoms with van der Waals surface area (Å²) in [6.07, 6.45) is 0. The fourth-order valence-electron chi connectivity index (χ4n) is 3.55. The SMILES string of the molecule is CCOc1ccc(-c2sc(C)c(-c3nc(-c4c(F)cccc4Cl)nn3C)c2C)cc1. The molecule has 0 saturated carbocycles. The molecule has 0 aliphatic carbocycles. The van der Waals surface area contributed by atoms with Gasteiger partial charge < -0.3 is 4.74 Å². The first-order valence-electron chi connectivity index (χ1n) is 9.59. The third kappa shape index (κ3) is 3.61. The molecule has 0 unspecified atom stereocenters. The zero-order valence-electron chi connectivity index (χ0n) is 17.2. The van der Waals surface area contributed by atoms with Crippen molar-refractivity contribution >= 4 is 22.9 Å². The molecule has 0 aliphatic heterocycles. The monoisotopic (exact) mass is 441 g/mol. The van der Waals surface area contributed by atoms with Crippen LogP contribution in [0.5, 0.6) is 5.75 Å². The Balaban J connectivity index is 1.78. The molecule has 2 aromatic carbocycles. The Bertz CT molecular complexity index is 1190. The molecular weight excluding hydrogens is 421 g/mol. The van der Waals surface area contributed by atoms with Crippen LogP contribution < -0.4 is 4.74 Å². The molecule has 0 bridgehead atoms. The Hall–Kier alpha value is -2.70. The van der Waals surface area contributed by atoms with Crippen LogP contribution >= 0.6 is 22.9 Å². The third-order valence-corrected chi connectivity index (χ3v) is 6.49. The van der Waals surface area contributed by atoms with E-state index in [4.69, 9.17) is 16.3 Å². The Labute approximate surface area is 183 Å². The molecule has 154 valence electrons. The van der Waals surface area contributed by atoms with Gasteiger partial charge in [0.2, 0.25) is 0 Å². The number of aryl methyl sites for hydroxylation is 2. The van der Waals surface area contributed by atoms with Crippen LogP contribution in [0, 0.1) is 19.7 Å². The first-order chi connectivity index (χ1) is 14.4. The van der Waals surface area contributed by atoms with Crippen molar-refractivity contribution in [1.29, 1.82) is 0 Å². The Morgan fingerprint density at radius 3 is 2.50 bits per heavy atom. The van der Waals surface area contributed by atoms with E-state index in [1.54, 1.807) is 28.2 Å². The fraction of sp³-hybridized carbons (Fsp3) is 0.217. The average Bonchev–Trinajstić information content (AvgIpc) is 3.21. The van der Waals surface area contributed by atoms with Crippen LogP contribution in [0.3, 0.4) is 0 Å². The van der Waals surface area contributed by atoms with Gasteiger partial charge in [0.1, 0.15) is 11.6 Å². The number of ether oxygens (including phenoxy) is 1. The fourth-order valence-corrected chi connectivity index (χ4v) is 4.96. The average molecular weight is 442 g/mol. The number of benzene rings is 2. The largest absolute Gasteiger partial charge is 0.494 e. The minimum Gasteiger partial charge on any atom is -0.494 e. The van der Waals surface area contributed by atoms with E-state index in [2.05, 4.69) is 36.1 Å². The highest BCUT2D eigenvalue weighted by atomic mass is 35.5. The lowest BCUT2D eigenvalue weighted by atomic mass is 10.0. The van der Waals surface area contributed by atoms with Gasteiger partial charge in [0.05, 0.1) is 17.2 Å². The normalized spacial score (nSPS) is 11.1. The molecule has 7 heteroatoms. The Morgan fingerprint density at radius 2 is 1.83 bits per heavy atom. The standard InChI is InChI=1S/C23H21ClFN3OS/c1-5-29-16-11-9-15(10-12-16)21-13(2)19(14(3)30-21)23-26-22(27-28(23)4)20-17(24)7-6-8-18(20)25/h6-12H,5H2,1-4H3. The van der Waals surface area contributed by atoms with Crippen LogP contribution in [0.15, 0.2) is 42.5 Å². The first kappa shape index (κ1) is 20.6. The van der Waals surface area contributed by atoms with Gasteiger partial charge in [0.25, 0.3) is 0 Å². The van der Waals surface area contributed by atoms with Crippen molar-refractivity contribution in [2.24, 2.45) is 7.05 Å². The van der Waals surface area contributed by atoms with Crippen LogP contribution in [-0.4, -0.2) is 21.4 Å². The summed E-state index contributed by atoms with van der Waals surface area (Å²) in [5, 5.41) is 4.74. The highest BCUT2D eigenvalue weighted by Gasteiger charge is 2.22. The van der Waals surface area contributed by atoms with E-state index in [9.17, 15) is 4.39 Å². The molecule has 0 N–H and O–H groups in total. The molecule has 30 heavy (non-hydrogen) atoms. The molecule has 0 aliphatic rings. The van der Waals surface area contributed by atoms with E-state index in [-0.39, 0.29) is 11.4 Å². The van der Waals surface area contributed by atoms with E-state index in [1.807, 2.05) is 26.1 Å². The molecule has 4 nitrogen and oxygen atoms in total. The van der Waals surface area contributed by atoms with Crippen LogP contribution in [0.25, 0.3) is 33.2 Å². The molecule has 4 aromatic rings. The van der Waals surface area contributed by atoms with Gasteiger partial charge in [0.15, 0.2) is 11.6 Å². The molecule has 0 saturated heterocycles. The van der Waals surface area contributed by atoms with Gasteiger partial charge in [-0.3, -0.25) is 0 Å². The van der Waals surface area contributed by atoms with Gasteiger partial charge in [0, 0.05) is 22.4 Å². The summed E-state index contributed by atoms with van der Waals surface area (Å²) in [5.74, 6) is 1.39. The van der Waals surface area contributed by atoms with E-state index in [0.717, 1.165) is 27.3 Å². The summed E-state index contributed by atoms with van der Waals surface area (Å²) in [6, 6.07) is 12.7. The predicted molar refractivity (Wildman–Crippen MR) is 121 cm³/mol. The van der Waals surface area contributed by atoms with Crippen LogP contribution in [0.4, 0.5) is 4.39 Å². The van der Waals surface area contributed by atoms with Crippen LogP contribution in [0.1, 0.15) is 17.4 Å². The molecule has 2 aromatic heterocycles. The van der Waals surface area contributed by atoms with E-state index in [1.165, 1.54) is 10.9 Å². The lowest BCUT2D eigenvalue weighted by Crippen LogP contribution is -1.96. The van der Waals surface area contributed by atoms with E-state index in [0.29, 0.717) is 17.5 Å². The zero-order valence-corrected chi connectivity index (χ0v) is 18.7. The summed E-state index contributed by atoms with van der Waals surface area (Å²) in [7, 11) is 1.81. The third-order valence-electron chi connectivity index (χ3n) is 4.92. The van der Waals surface area contributed by atoms with Crippen molar-refractivity contribution in [2.45, 2.75) is 20.8 Å². The summed E-state index contributed by atoms with van der Waals surface area (Å²) >= 11 is 7.92. The second-order valence-corrected chi connectivity index (χ2v) is 8.56. The highest BCUT2D eigenvalue weighted by molar-refractivity contribution is 7.16. The first-order valence-corrected chi connectivity index (χ1v) is 10.8. The minimum absolute atomic E-state index is 0.221. The topological polar surface area (TPSA) is 39.9 Å². The molecule has 2 heterocycles. The van der Waals surface area contributed by atoms with Gasteiger partial charge in [-0.15, -0.1) is 11.3 Å². The number of rotatable bonds is 5. The Morgan fingerprint density at radius 1 is 1.10 bits per heavy atom. The van der Waals surface area contributed by atoms with Gasteiger partial charge in [-0.1, -0.05) is 17.7 Å². The van der Waals surface area contributed by atoms with Gasteiger partial charge in [-0.05, 0) is 68.3 Å². The quantitative estimate of drug-likeness (QED) is 0.346. The van der Waals surface area contributed by atoms with Crippen LogP contribution in [0.2, 0.25) is 5.02 Å². The maximum atomic E-state index is 14.4. The lowest BCUT2D eigenvalue weighted by molar-refractivity contribution is 0.340. The predicted octanol–water partition coefficient (Wildman–Crippen LogP) is 6.69. The second kappa shape index (κ2) is 8.20. The lowest BCUT2D eigenvalue weighted by Gasteiger charge is -2.05. The summed E-state index contributed by atoms with van der Waals surface area (Å²) in [4.78, 5) is 6.94. The summed E-state index contributed by atoms with van der Waals surface area (Å²) in [5.41, 5.74) is 3.47. The van der Waals surface area contributed by atoms with Crippen molar-refractivity contribution in [3.05, 3.63) is 63.7 Å². The summed E-state index contributed by atoms with van der Waals surface area (Å²) < 4.78 is 21.6.